The number of para-hydroxylation sites is 1. The van der Waals surface area contributed by atoms with Crippen LogP contribution in [0.1, 0.15) is 21.1 Å². The third kappa shape index (κ3) is 4.55. The van der Waals surface area contributed by atoms with Gasteiger partial charge in [0.2, 0.25) is 0 Å². The lowest BCUT2D eigenvalue weighted by atomic mass is 10.2. The van der Waals surface area contributed by atoms with Gasteiger partial charge in [0, 0.05) is 22.3 Å². The molecule has 0 saturated carbocycles. The van der Waals surface area contributed by atoms with Gasteiger partial charge in [0.25, 0.3) is 11.8 Å². The van der Waals surface area contributed by atoms with Gasteiger partial charge >= 0.3 is 0 Å². The van der Waals surface area contributed by atoms with Gasteiger partial charge in [0.05, 0.1) is 10.0 Å². The second kappa shape index (κ2) is 9.09. The molecule has 0 aliphatic carbocycles. The van der Waals surface area contributed by atoms with Crippen LogP contribution in [0.3, 0.4) is 0 Å². The number of amides is 2. The summed E-state index contributed by atoms with van der Waals surface area (Å²) >= 11 is 12.0. The Morgan fingerprint density at radius 1 is 0.647 bits per heavy atom. The van der Waals surface area contributed by atoms with E-state index in [2.05, 4.69) is 10.6 Å². The standard InChI is InChI=1S/C26H16Cl2N2O4/c27-19-10-5-16(13-20(19)28)22-11-12-23(33-22)25(31)29-17-6-8-18(9-7-17)30-26(32)24-14-15-3-1-2-4-21(15)34-24/h1-14H,(H,29,31)(H,30,32). The van der Waals surface area contributed by atoms with Gasteiger partial charge in [-0.15, -0.1) is 0 Å². The third-order valence-electron chi connectivity index (χ3n) is 5.08. The van der Waals surface area contributed by atoms with Crippen LogP contribution in [0, 0.1) is 0 Å². The first-order valence-electron chi connectivity index (χ1n) is 10.2. The van der Waals surface area contributed by atoms with E-state index in [0.717, 1.165) is 5.39 Å². The summed E-state index contributed by atoms with van der Waals surface area (Å²) in [4.78, 5) is 25.1. The zero-order chi connectivity index (χ0) is 23.7. The zero-order valence-corrected chi connectivity index (χ0v) is 19.0. The molecule has 5 aromatic rings. The summed E-state index contributed by atoms with van der Waals surface area (Å²) in [5.74, 6) is 0.0775. The molecule has 0 aliphatic rings. The van der Waals surface area contributed by atoms with Crippen LogP contribution in [0.4, 0.5) is 11.4 Å². The number of hydrogen-bond donors (Lipinski definition) is 2. The van der Waals surface area contributed by atoms with Crippen molar-refractivity contribution in [3.05, 3.63) is 106 Å². The first-order chi connectivity index (χ1) is 16.5. The van der Waals surface area contributed by atoms with Crippen LogP contribution >= 0.6 is 23.2 Å². The summed E-state index contributed by atoms with van der Waals surface area (Å²) in [6.07, 6.45) is 0. The predicted molar refractivity (Wildman–Crippen MR) is 133 cm³/mol. The SMILES string of the molecule is O=C(Nc1ccc(NC(=O)c2cc3ccccc3o2)cc1)c1ccc(-c2ccc(Cl)c(Cl)c2)o1. The van der Waals surface area contributed by atoms with E-state index in [1.807, 2.05) is 18.2 Å². The average molecular weight is 491 g/mol. The highest BCUT2D eigenvalue weighted by atomic mass is 35.5. The van der Waals surface area contributed by atoms with Gasteiger partial charge in [0.15, 0.2) is 11.5 Å². The molecule has 2 amide bonds. The minimum absolute atomic E-state index is 0.142. The summed E-state index contributed by atoms with van der Waals surface area (Å²) in [5, 5.41) is 7.23. The van der Waals surface area contributed by atoms with Crippen molar-refractivity contribution in [1.29, 1.82) is 0 Å². The van der Waals surface area contributed by atoms with Crippen molar-refractivity contribution >= 4 is 57.4 Å². The van der Waals surface area contributed by atoms with E-state index in [1.54, 1.807) is 66.7 Å². The molecule has 0 spiro atoms. The molecule has 6 nitrogen and oxygen atoms in total. The van der Waals surface area contributed by atoms with E-state index >= 15 is 0 Å². The molecule has 34 heavy (non-hydrogen) atoms. The van der Waals surface area contributed by atoms with E-state index < -0.39 is 5.91 Å². The summed E-state index contributed by atoms with van der Waals surface area (Å²) in [6, 6.07) is 24.2. The number of anilines is 2. The van der Waals surface area contributed by atoms with Crippen LogP contribution < -0.4 is 10.6 Å². The van der Waals surface area contributed by atoms with Crippen LogP contribution in [0.5, 0.6) is 0 Å². The molecule has 2 N–H and O–H groups in total. The van der Waals surface area contributed by atoms with Crippen molar-refractivity contribution in [3.63, 3.8) is 0 Å². The molecule has 8 heteroatoms. The van der Waals surface area contributed by atoms with Gasteiger partial charge in [-0.3, -0.25) is 9.59 Å². The van der Waals surface area contributed by atoms with Crippen molar-refractivity contribution in [2.24, 2.45) is 0 Å². The average Bonchev–Trinajstić information content (AvgIpc) is 3.50. The summed E-state index contributed by atoms with van der Waals surface area (Å²) in [5.41, 5.74) is 2.45. The highest BCUT2D eigenvalue weighted by molar-refractivity contribution is 6.42. The van der Waals surface area contributed by atoms with Gasteiger partial charge in [-0.05, 0) is 66.7 Å². The highest BCUT2D eigenvalue weighted by Crippen LogP contribution is 2.30. The Balaban J connectivity index is 1.23. The van der Waals surface area contributed by atoms with Crippen molar-refractivity contribution in [2.75, 3.05) is 10.6 Å². The topological polar surface area (TPSA) is 84.5 Å². The molecule has 2 heterocycles. The Hall–Kier alpha value is -4.00. The van der Waals surface area contributed by atoms with E-state index in [-0.39, 0.29) is 17.4 Å². The van der Waals surface area contributed by atoms with Crippen LogP contribution in [0.2, 0.25) is 10.0 Å². The number of rotatable bonds is 5. The first kappa shape index (κ1) is 21.8. The van der Waals surface area contributed by atoms with E-state index in [9.17, 15) is 9.59 Å². The quantitative estimate of drug-likeness (QED) is 0.267. The van der Waals surface area contributed by atoms with Crippen molar-refractivity contribution in [2.45, 2.75) is 0 Å². The first-order valence-corrected chi connectivity index (χ1v) is 11.0. The Kier molecular flexibility index (Phi) is 5.84. The number of hydrogen-bond acceptors (Lipinski definition) is 4. The number of nitrogens with one attached hydrogen (secondary N) is 2. The van der Waals surface area contributed by atoms with Crippen LogP contribution in [-0.2, 0) is 0 Å². The molecule has 0 saturated heterocycles. The van der Waals surface area contributed by atoms with E-state index in [0.29, 0.717) is 38.3 Å². The van der Waals surface area contributed by atoms with Crippen molar-refractivity contribution in [1.82, 2.24) is 0 Å². The van der Waals surface area contributed by atoms with Crippen LogP contribution in [0.15, 0.2) is 93.8 Å². The minimum atomic E-state index is -0.412. The van der Waals surface area contributed by atoms with Gasteiger partial charge in [-0.1, -0.05) is 41.4 Å². The fourth-order valence-electron chi connectivity index (χ4n) is 3.38. The number of carbonyl (C=O) groups excluding carboxylic acids is 2. The molecule has 0 aliphatic heterocycles. The lowest BCUT2D eigenvalue weighted by Crippen LogP contribution is -2.12. The molecular weight excluding hydrogens is 475 g/mol. The molecule has 5 rings (SSSR count). The largest absolute Gasteiger partial charge is 0.451 e. The van der Waals surface area contributed by atoms with Gasteiger partial charge in [0.1, 0.15) is 11.3 Å². The van der Waals surface area contributed by atoms with E-state index in [1.165, 1.54) is 0 Å². The maximum atomic E-state index is 12.6. The third-order valence-corrected chi connectivity index (χ3v) is 5.82. The Bertz CT molecular complexity index is 1490. The summed E-state index contributed by atoms with van der Waals surface area (Å²) < 4.78 is 11.2. The monoisotopic (exact) mass is 490 g/mol. The molecule has 2 aromatic heterocycles. The molecular formula is C26H16Cl2N2O4. The summed E-state index contributed by atoms with van der Waals surface area (Å²) in [7, 11) is 0. The molecule has 0 bridgehead atoms. The van der Waals surface area contributed by atoms with Crippen molar-refractivity contribution < 1.29 is 18.4 Å². The summed E-state index contributed by atoms with van der Waals surface area (Å²) in [6.45, 7) is 0. The maximum absolute atomic E-state index is 12.6. The zero-order valence-electron chi connectivity index (χ0n) is 17.5. The molecule has 0 atom stereocenters. The van der Waals surface area contributed by atoms with Gasteiger partial charge in [-0.2, -0.15) is 0 Å². The molecule has 0 fully saturated rings. The van der Waals surface area contributed by atoms with Crippen LogP contribution in [0.25, 0.3) is 22.3 Å². The number of fused-ring (bicyclic) bond motifs is 1. The van der Waals surface area contributed by atoms with Gasteiger partial charge < -0.3 is 19.5 Å². The number of carbonyl (C=O) groups is 2. The Morgan fingerprint density at radius 2 is 1.32 bits per heavy atom. The number of benzene rings is 3. The molecule has 3 aromatic carbocycles. The highest BCUT2D eigenvalue weighted by Gasteiger charge is 2.15. The van der Waals surface area contributed by atoms with Crippen LogP contribution in [-0.4, -0.2) is 11.8 Å². The lowest BCUT2D eigenvalue weighted by Gasteiger charge is -2.06. The number of halogens is 2. The lowest BCUT2D eigenvalue weighted by molar-refractivity contribution is 0.0990. The fourth-order valence-corrected chi connectivity index (χ4v) is 3.68. The second-order valence-electron chi connectivity index (χ2n) is 7.43. The number of furan rings is 2. The Labute approximate surface area is 204 Å². The smallest absolute Gasteiger partial charge is 0.291 e. The molecule has 0 radical (unpaired) electrons. The fraction of sp³-hybridized carbons (Fsp3) is 0. The maximum Gasteiger partial charge on any atom is 0.291 e. The van der Waals surface area contributed by atoms with Gasteiger partial charge in [-0.25, -0.2) is 0 Å². The predicted octanol–water partition coefficient (Wildman–Crippen LogP) is 7.50. The normalized spacial score (nSPS) is 10.9. The molecule has 0 unspecified atom stereocenters. The van der Waals surface area contributed by atoms with Crippen molar-refractivity contribution in [3.8, 4) is 11.3 Å². The minimum Gasteiger partial charge on any atom is -0.451 e. The Morgan fingerprint density at radius 3 is 2.00 bits per heavy atom. The second-order valence-corrected chi connectivity index (χ2v) is 8.24. The molecule has 168 valence electrons. The van der Waals surface area contributed by atoms with E-state index in [4.69, 9.17) is 32.0 Å².